The molecule has 0 unspecified atom stereocenters. The van der Waals surface area contributed by atoms with Crippen LogP contribution in [0.25, 0.3) is 90.9 Å². The Hall–Kier alpha value is -7.32. The van der Waals surface area contributed by atoms with E-state index in [0.29, 0.717) is 89.4 Å². The van der Waals surface area contributed by atoms with E-state index in [0.717, 1.165) is 0 Å². The molecule has 0 saturated heterocycles. The van der Waals surface area contributed by atoms with Crippen LogP contribution in [0.5, 0.6) is 0 Å². The first-order chi connectivity index (χ1) is 29.9. The number of nitrogens with zero attached hydrogens (tertiary/aromatic N) is 2. The first kappa shape index (κ1) is 41.1. The minimum atomic E-state index is -4.53. The third kappa shape index (κ3) is 7.89. The molecule has 7 aromatic rings. The zero-order valence-corrected chi connectivity index (χ0v) is 34.6. The number of hydrogen-bond acceptors (Lipinski definition) is 9. The summed E-state index contributed by atoms with van der Waals surface area (Å²) in [6.45, 7) is 0. The molecule has 18 heteroatoms. The second-order valence-electron chi connectivity index (χ2n) is 14.4. The lowest BCUT2D eigenvalue weighted by Crippen LogP contribution is -1.97. The maximum Gasteiger partial charge on any atom is 0.335 e. The van der Waals surface area contributed by atoms with Crippen molar-refractivity contribution in [2.75, 3.05) is 0 Å². The van der Waals surface area contributed by atoms with E-state index in [1.807, 2.05) is 6.07 Å². The molecule has 63 heavy (non-hydrogen) atoms. The van der Waals surface area contributed by atoms with Gasteiger partial charge in [-0.05, 0) is 119 Å². The molecular formula is C45H30N4O11S3. The first-order valence-electron chi connectivity index (χ1n) is 18.7. The standard InChI is InChI=1S/C45H30N4O11S3/c50-45(51)29-3-1-25(2-4-29)41-33-17-19-35(46-33)42(26-5-11-30(12-6-26)61(52,53)54)37-21-23-39(48-37)44(28-9-15-32(16-10-28)63(58,59)60)40-24-22-38(49-40)43(36-20-18-34(41)47-36)27-7-13-31(14-8-27)62(55,56)57/h1-24,46,49H,(H,50,51)(H,52,53,54)(H,55,56,57)(H,58,59,60). The van der Waals surface area contributed by atoms with Crippen molar-refractivity contribution in [2.24, 2.45) is 0 Å². The number of nitrogens with one attached hydrogen (secondary N) is 2. The van der Waals surface area contributed by atoms with Crippen LogP contribution in [0.4, 0.5) is 0 Å². The molecule has 0 saturated carbocycles. The van der Waals surface area contributed by atoms with Crippen molar-refractivity contribution in [3.63, 3.8) is 0 Å². The minimum Gasteiger partial charge on any atom is -0.478 e. The summed E-state index contributed by atoms with van der Waals surface area (Å²) >= 11 is 0. The Balaban J connectivity index is 1.43. The number of carboxylic acids is 1. The Kier molecular flexibility index (Phi) is 9.93. The van der Waals surface area contributed by atoms with E-state index in [1.54, 1.807) is 54.6 Å². The van der Waals surface area contributed by atoms with Crippen LogP contribution in [0.3, 0.4) is 0 Å². The summed E-state index contributed by atoms with van der Waals surface area (Å²) in [5, 5.41) is 9.68. The number of fused-ring (bicyclic) bond motifs is 8. The topological polar surface area (TPSA) is 258 Å². The summed E-state index contributed by atoms with van der Waals surface area (Å²) in [4.78, 5) is 28.0. The molecule has 9 rings (SSSR count). The lowest BCUT2D eigenvalue weighted by atomic mass is 10.0. The van der Waals surface area contributed by atoms with Gasteiger partial charge in [0.1, 0.15) is 0 Å². The highest BCUT2D eigenvalue weighted by Crippen LogP contribution is 2.39. The fraction of sp³-hybridized carbons (Fsp3) is 0. The third-order valence-corrected chi connectivity index (χ3v) is 13.1. The highest BCUT2D eigenvalue weighted by Gasteiger charge is 2.21. The Morgan fingerprint density at radius 2 is 0.619 bits per heavy atom. The second kappa shape index (κ2) is 15.2. The van der Waals surface area contributed by atoms with E-state index in [2.05, 4.69) is 9.97 Å². The zero-order chi connectivity index (χ0) is 44.4. The summed E-state index contributed by atoms with van der Waals surface area (Å²) in [5.74, 6) is -1.11. The highest BCUT2D eigenvalue weighted by atomic mass is 32.2. The quantitative estimate of drug-likeness (QED) is 0.0781. The largest absolute Gasteiger partial charge is 0.478 e. The van der Waals surface area contributed by atoms with Crippen LogP contribution in [-0.4, -0.2) is 69.9 Å². The van der Waals surface area contributed by atoms with Crippen molar-refractivity contribution in [1.29, 1.82) is 0 Å². The molecule has 5 heterocycles. The number of aromatic nitrogens is 4. The number of H-pyrrole nitrogens is 2. The molecule has 0 amide bonds. The molecule has 0 radical (unpaired) electrons. The predicted octanol–water partition coefficient (Wildman–Crippen LogP) is 8.76. The summed E-state index contributed by atoms with van der Waals surface area (Å²) in [5.41, 5.74) is 8.19. The van der Waals surface area contributed by atoms with Gasteiger partial charge in [0.25, 0.3) is 30.4 Å². The number of aromatic carboxylic acids is 1. The molecule has 0 atom stereocenters. The Morgan fingerprint density at radius 3 is 0.841 bits per heavy atom. The summed E-state index contributed by atoms with van der Waals surface area (Å²) in [6, 6.07) is 30.2. The molecule has 8 bridgehead atoms. The Bertz CT molecular complexity index is 3560. The van der Waals surface area contributed by atoms with Crippen LogP contribution in [0.1, 0.15) is 33.1 Å². The number of carbonyl (C=O) groups is 1. The van der Waals surface area contributed by atoms with E-state index in [9.17, 15) is 48.8 Å². The molecule has 3 aromatic heterocycles. The lowest BCUT2D eigenvalue weighted by Gasteiger charge is -2.08. The molecule has 0 fully saturated rings. The summed E-state index contributed by atoms with van der Waals surface area (Å²) in [7, 11) is -13.6. The van der Waals surface area contributed by atoms with Gasteiger partial charge in [0.15, 0.2) is 0 Å². The summed E-state index contributed by atoms with van der Waals surface area (Å²) in [6.07, 6.45) is 7.06. The number of carboxylic acid groups (broad SMARTS) is 1. The lowest BCUT2D eigenvalue weighted by molar-refractivity contribution is 0.0696. The van der Waals surface area contributed by atoms with Crippen molar-refractivity contribution in [2.45, 2.75) is 14.7 Å². The Morgan fingerprint density at radius 1 is 0.381 bits per heavy atom. The van der Waals surface area contributed by atoms with Crippen LogP contribution in [0.2, 0.25) is 0 Å². The number of rotatable bonds is 8. The molecule has 4 aromatic carbocycles. The van der Waals surface area contributed by atoms with E-state index >= 15 is 0 Å². The van der Waals surface area contributed by atoms with Gasteiger partial charge in [-0.1, -0.05) is 48.5 Å². The van der Waals surface area contributed by atoms with Gasteiger partial charge in [0.05, 0.1) is 43.0 Å². The SMILES string of the molecule is O=C(O)c1ccc(-c2c3nc(c(-c4ccc(S(=O)(=O)O)cc4)c4ccc([nH]4)c(-c4ccc(S(=O)(=O)O)cc4)c4nc(c(-c5ccc(S(=O)(=O)O)cc5)c5ccc2[nH]5)C=C4)C=C3)cc1. The second-order valence-corrected chi connectivity index (χ2v) is 18.6. The maximum atomic E-state index is 12.0. The molecule has 15 nitrogen and oxygen atoms in total. The van der Waals surface area contributed by atoms with Crippen molar-refractivity contribution in [3.05, 3.63) is 150 Å². The van der Waals surface area contributed by atoms with Crippen molar-refractivity contribution in [1.82, 2.24) is 19.9 Å². The van der Waals surface area contributed by atoms with Crippen molar-refractivity contribution < 1.29 is 48.8 Å². The van der Waals surface area contributed by atoms with E-state index in [1.165, 1.54) is 84.9 Å². The van der Waals surface area contributed by atoms with Crippen molar-refractivity contribution >= 4 is 82.7 Å². The minimum absolute atomic E-state index is 0.0648. The van der Waals surface area contributed by atoms with Gasteiger partial charge in [-0.25, -0.2) is 14.8 Å². The molecule has 0 aliphatic carbocycles. The zero-order valence-electron chi connectivity index (χ0n) is 32.1. The third-order valence-electron chi connectivity index (χ3n) is 10.5. The van der Waals surface area contributed by atoms with E-state index in [-0.39, 0.29) is 20.2 Å². The van der Waals surface area contributed by atoms with E-state index in [4.69, 9.17) is 9.97 Å². The van der Waals surface area contributed by atoms with Crippen LogP contribution in [0, 0.1) is 0 Å². The van der Waals surface area contributed by atoms with Gasteiger partial charge in [-0.3, -0.25) is 13.7 Å². The monoisotopic (exact) mass is 898 g/mol. The van der Waals surface area contributed by atoms with Crippen LogP contribution < -0.4 is 0 Å². The highest BCUT2D eigenvalue weighted by molar-refractivity contribution is 7.86. The van der Waals surface area contributed by atoms with Gasteiger partial charge < -0.3 is 15.1 Å². The van der Waals surface area contributed by atoms with Gasteiger partial charge in [0.2, 0.25) is 0 Å². The number of benzene rings is 4. The first-order valence-corrected chi connectivity index (χ1v) is 23.0. The predicted molar refractivity (Wildman–Crippen MR) is 237 cm³/mol. The van der Waals surface area contributed by atoms with Crippen LogP contribution in [0.15, 0.2) is 136 Å². The van der Waals surface area contributed by atoms with Gasteiger partial charge in [0, 0.05) is 44.3 Å². The number of hydrogen-bond donors (Lipinski definition) is 6. The average molecular weight is 899 g/mol. The smallest absolute Gasteiger partial charge is 0.335 e. The fourth-order valence-corrected chi connectivity index (χ4v) is 9.02. The number of aromatic amines is 2. The maximum absolute atomic E-state index is 12.0. The van der Waals surface area contributed by atoms with Crippen LogP contribution in [-0.2, 0) is 30.4 Å². The average Bonchev–Trinajstić information content (AvgIpc) is 4.09. The molecule has 2 aliphatic rings. The van der Waals surface area contributed by atoms with E-state index < -0.39 is 36.3 Å². The normalized spacial score (nSPS) is 12.7. The molecule has 314 valence electrons. The molecule has 0 spiro atoms. The molecule has 2 aliphatic heterocycles. The summed E-state index contributed by atoms with van der Waals surface area (Å²) < 4.78 is 101. The van der Waals surface area contributed by atoms with Gasteiger partial charge in [-0.15, -0.1) is 0 Å². The fourth-order valence-electron chi connectivity index (χ4n) is 7.58. The van der Waals surface area contributed by atoms with Gasteiger partial charge in [-0.2, -0.15) is 25.3 Å². The van der Waals surface area contributed by atoms with Gasteiger partial charge >= 0.3 is 5.97 Å². The molecular weight excluding hydrogens is 869 g/mol. The van der Waals surface area contributed by atoms with Crippen molar-refractivity contribution in [3.8, 4) is 44.5 Å². The molecule has 6 N–H and O–H groups in total. The Labute approximate surface area is 358 Å². The van der Waals surface area contributed by atoms with Crippen LogP contribution >= 0.6 is 0 Å².